The molecule has 0 fully saturated rings. The van der Waals surface area contributed by atoms with Crippen LogP contribution in [-0.4, -0.2) is 5.78 Å². The lowest BCUT2D eigenvalue weighted by atomic mass is 9.97. The fourth-order valence-corrected chi connectivity index (χ4v) is 3.06. The number of rotatable bonds is 6. The zero-order valence-corrected chi connectivity index (χ0v) is 15.0. The summed E-state index contributed by atoms with van der Waals surface area (Å²) in [5, 5.41) is 4.70. The van der Waals surface area contributed by atoms with Crippen LogP contribution in [0.1, 0.15) is 28.4 Å². The molecule has 3 rings (SSSR count). The van der Waals surface area contributed by atoms with Gasteiger partial charge in [0.1, 0.15) is 0 Å². The zero-order valence-electron chi connectivity index (χ0n) is 13.5. The molecule has 3 aromatic carbocycles. The fourth-order valence-electron chi connectivity index (χ4n) is 2.67. The molecule has 1 atom stereocenters. The molecule has 4 heteroatoms. The Hall–Kier alpha value is -2.29. The second-order valence-corrected chi connectivity index (χ2v) is 6.56. The van der Waals surface area contributed by atoms with Crippen molar-refractivity contribution in [2.24, 2.45) is 0 Å². The van der Waals surface area contributed by atoms with E-state index in [0.717, 1.165) is 11.3 Å². The quantitative estimate of drug-likeness (QED) is 0.507. The highest BCUT2D eigenvalue weighted by atomic mass is 35.5. The van der Waals surface area contributed by atoms with E-state index in [1.165, 1.54) is 0 Å². The van der Waals surface area contributed by atoms with Gasteiger partial charge in [0.25, 0.3) is 0 Å². The predicted octanol–water partition coefficient (Wildman–Crippen LogP) is 6.42. The fraction of sp³-hybridized carbons (Fsp3) is 0.0952. The maximum absolute atomic E-state index is 12.7. The molecular weight excluding hydrogens is 353 g/mol. The first-order valence-corrected chi connectivity index (χ1v) is 8.74. The second-order valence-electron chi connectivity index (χ2n) is 5.72. The summed E-state index contributed by atoms with van der Waals surface area (Å²) in [5.74, 6) is 0.0620. The van der Waals surface area contributed by atoms with E-state index < -0.39 is 0 Å². The summed E-state index contributed by atoms with van der Waals surface area (Å²) in [7, 11) is 0. The van der Waals surface area contributed by atoms with Crippen molar-refractivity contribution in [3.8, 4) is 0 Å². The molecule has 0 bridgehead atoms. The van der Waals surface area contributed by atoms with Crippen molar-refractivity contribution in [2.75, 3.05) is 5.32 Å². The van der Waals surface area contributed by atoms with Crippen molar-refractivity contribution < 1.29 is 4.79 Å². The summed E-state index contributed by atoms with van der Waals surface area (Å²) >= 11 is 12.3. The number of ketones is 1. The Balaban J connectivity index is 1.87. The lowest BCUT2D eigenvalue weighted by Gasteiger charge is -2.21. The molecule has 0 aliphatic heterocycles. The molecule has 0 saturated heterocycles. The number of hydrogen-bond acceptors (Lipinski definition) is 2. The van der Waals surface area contributed by atoms with Crippen LogP contribution in [0.5, 0.6) is 0 Å². The standard InChI is InChI=1S/C21H17Cl2NO/c22-16-10-12-17(13-11-16)24-20(18-8-4-5-9-19(18)23)14-21(25)15-6-2-1-3-7-15/h1-13,20,24H,14H2. The molecule has 0 spiro atoms. The molecule has 0 aliphatic carbocycles. The lowest BCUT2D eigenvalue weighted by Crippen LogP contribution is -2.16. The minimum absolute atomic E-state index is 0.0620. The molecule has 0 saturated carbocycles. The van der Waals surface area contributed by atoms with Crippen LogP contribution in [0.25, 0.3) is 0 Å². The first kappa shape index (κ1) is 17.5. The van der Waals surface area contributed by atoms with Crippen LogP contribution in [0.15, 0.2) is 78.9 Å². The van der Waals surface area contributed by atoms with Crippen LogP contribution < -0.4 is 5.32 Å². The normalized spacial score (nSPS) is 11.8. The van der Waals surface area contributed by atoms with Crippen LogP contribution >= 0.6 is 23.2 Å². The van der Waals surface area contributed by atoms with Gasteiger partial charge < -0.3 is 5.32 Å². The van der Waals surface area contributed by atoms with E-state index in [2.05, 4.69) is 5.32 Å². The Morgan fingerprint density at radius 2 is 1.48 bits per heavy atom. The molecular formula is C21H17Cl2NO. The van der Waals surface area contributed by atoms with Gasteiger partial charge in [0.15, 0.2) is 5.78 Å². The van der Waals surface area contributed by atoms with Gasteiger partial charge in [-0.3, -0.25) is 4.79 Å². The van der Waals surface area contributed by atoms with E-state index in [0.29, 0.717) is 22.0 Å². The van der Waals surface area contributed by atoms with Gasteiger partial charge in [0, 0.05) is 27.7 Å². The minimum Gasteiger partial charge on any atom is -0.378 e. The highest BCUT2D eigenvalue weighted by molar-refractivity contribution is 6.31. The molecule has 1 N–H and O–H groups in total. The van der Waals surface area contributed by atoms with Crippen LogP contribution in [0, 0.1) is 0 Å². The second kappa shape index (κ2) is 8.19. The molecule has 25 heavy (non-hydrogen) atoms. The largest absolute Gasteiger partial charge is 0.378 e. The molecule has 3 aromatic rings. The van der Waals surface area contributed by atoms with Crippen molar-refractivity contribution >= 4 is 34.7 Å². The molecule has 0 aromatic heterocycles. The van der Waals surface area contributed by atoms with Gasteiger partial charge in [-0.25, -0.2) is 0 Å². The van der Waals surface area contributed by atoms with Crippen molar-refractivity contribution in [2.45, 2.75) is 12.5 Å². The number of Topliss-reactive ketones (excluding diaryl/α,β-unsaturated/α-hetero) is 1. The van der Waals surface area contributed by atoms with Crippen molar-refractivity contribution in [1.82, 2.24) is 0 Å². The van der Waals surface area contributed by atoms with E-state index in [1.807, 2.05) is 78.9 Å². The van der Waals surface area contributed by atoms with E-state index in [4.69, 9.17) is 23.2 Å². The number of hydrogen-bond donors (Lipinski definition) is 1. The van der Waals surface area contributed by atoms with Gasteiger partial charge >= 0.3 is 0 Å². The van der Waals surface area contributed by atoms with Gasteiger partial charge in [-0.2, -0.15) is 0 Å². The van der Waals surface area contributed by atoms with Crippen LogP contribution in [0.2, 0.25) is 10.0 Å². The predicted molar refractivity (Wildman–Crippen MR) is 105 cm³/mol. The summed E-state index contributed by atoms with van der Waals surface area (Å²) < 4.78 is 0. The SMILES string of the molecule is O=C(CC(Nc1ccc(Cl)cc1)c1ccccc1Cl)c1ccccc1. The van der Waals surface area contributed by atoms with E-state index in [-0.39, 0.29) is 11.8 Å². The summed E-state index contributed by atoms with van der Waals surface area (Å²) in [6, 6.07) is 24.0. The van der Waals surface area contributed by atoms with Gasteiger partial charge in [0.2, 0.25) is 0 Å². The number of halogens is 2. The Bertz CT molecular complexity index is 847. The number of benzene rings is 3. The smallest absolute Gasteiger partial charge is 0.165 e. The first-order chi connectivity index (χ1) is 12.1. The minimum atomic E-state index is -0.234. The number of carbonyl (C=O) groups is 1. The Morgan fingerprint density at radius 1 is 0.840 bits per heavy atom. The topological polar surface area (TPSA) is 29.1 Å². The third-order valence-corrected chi connectivity index (χ3v) is 4.55. The third-order valence-electron chi connectivity index (χ3n) is 3.95. The van der Waals surface area contributed by atoms with Gasteiger partial charge in [-0.15, -0.1) is 0 Å². The molecule has 0 heterocycles. The molecule has 1 unspecified atom stereocenters. The summed E-state index contributed by atoms with van der Waals surface area (Å²) in [5.41, 5.74) is 2.47. The first-order valence-electron chi connectivity index (χ1n) is 7.98. The van der Waals surface area contributed by atoms with Gasteiger partial charge in [-0.05, 0) is 35.9 Å². The Kier molecular flexibility index (Phi) is 5.75. The molecule has 0 aliphatic rings. The summed E-state index contributed by atoms with van der Waals surface area (Å²) in [6.45, 7) is 0. The van der Waals surface area contributed by atoms with E-state index in [9.17, 15) is 4.79 Å². The average Bonchev–Trinajstić information content (AvgIpc) is 2.64. The Morgan fingerprint density at radius 3 is 2.16 bits per heavy atom. The van der Waals surface area contributed by atoms with Crippen molar-refractivity contribution in [3.63, 3.8) is 0 Å². The van der Waals surface area contributed by atoms with E-state index >= 15 is 0 Å². The number of carbonyl (C=O) groups excluding carboxylic acids is 1. The number of nitrogens with one attached hydrogen (secondary N) is 1. The van der Waals surface area contributed by atoms with Crippen LogP contribution in [0.4, 0.5) is 5.69 Å². The monoisotopic (exact) mass is 369 g/mol. The van der Waals surface area contributed by atoms with E-state index in [1.54, 1.807) is 0 Å². The highest BCUT2D eigenvalue weighted by Gasteiger charge is 2.19. The summed E-state index contributed by atoms with van der Waals surface area (Å²) in [4.78, 5) is 12.7. The maximum atomic E-state index is 12.7. The van der Waals surface area contributed by atoms with Crippen LogP contribution in [-0.2, 0) is 0 Å². The molecule has 126 valence electrons. The Labute approximate surface area is 157 Å². The maximum Gasteiger partial charge on any atom is 0.165 e. The van der Waals surface area contributed by atoms with Gasteiger partial charge in [-0.1, -0.05) is 71.7 Å². The highest BCUT2D eigenvalue weighted by Crippen LogP contribution is 2.30. The molecule has 2 nitrogen and oxygen atoms in total. The molecule has 0 amide bonds. The molecule has 0 radical (unpaired) electrons. The third kappa shape index (κ3) is 4.62. The van der Waals surface area contributed by atoms with Crippen molar-refractivity contribution in [3.05, 3.63) is 100 Å². The van der Waals surface area contributed by atoms with Crippen LogP contribution in [0.3, 0.4) is 0 Å². The average molecular weight is 370 g/mol. The zero-order chi connectivity index (χ0) is 17.6. The number of anilines is 1. The van der Waals surface area contributed by atoms with Crippen molar-refractivity contribution in [1.29, 1.82) is 0 Å². The lowest BCUT2D eigenvalue weighted by molar-refractivity contribution is 0.0976. The van der Waals surface area contributed by atoms with Gasteiger partial charge in [0.05, 0.1) is 6.04 Å². The summed E-state index contributed by atoms with van der Waals surface area (Å²) in [6.07, 6.45) is 0.302.